The third kappa shape index (κ3) is 6.85. The number of halogens is 1. The van der Waals surface area contributed by atoms with E-state index >= 15 is 0 Å². The predicted molar refractivity (Wildman–Crippen MR) is 142 cm³/mol. The molecule has 1 saturated heterocycles. The Balaban J connectivity index is 1.43. The van der Waals surface area contributed by atoms with Gasteiger partial charge in [0, 0.05) is 42.8 Å². The molecule has 0 spiro atoms. The van der Waals surface area contributed by atoms with Crippen LogP contribution in [-0.4, -0.2) is 59.0 Å². The first-order chi connectivity index (χ1) is 17.8. The van der Waals surface area contributed by atoms with Gasteiger partial charge >= 0.3 is 5.97 Å². The number of nitrogens with zero attached hydrogens (tertiary/aromatic N) is 2. The van der Waals surface area contributed by atoms with Crippen LogP contribution < -0.4 is 16.2 Å². The molecule has 0 saturated carbocycles. The van der Waals surface area contributed by atoms with Crippen LogP contribution in [0.1, 0.15) is 29.4 Å². The van der Waals surface area contributed by atoms with Gasteiger partial charge in [-0.2, -0.15) is 0 Å². The first kappa shape index (κ1) is 26.6. The van der Waals surface area contributed by atoms with E-state index in [2.05, 4.69) is 10.6 Å². The lowest BCUT2D eigenvalue weighted by atomic mass is 10.1. The molecule has 1 aliphatic rings. The van der Waals surface area contributed by atoms with Gasteiger partial charge in [0.25, 0.3) is 11.5 Å². The number of carbonyl (C=O) groups is 3. The predicted octanol–water partition coefficient (Wildman–Crippen LogP) is 3.32. The second-order valence-corrected chi connectivity index (χ2v) is 10.2. The van der Waals surface area contributed by atoms with Crippen molar-refractivity contribution in [3.8, 4) is 5.69 Å². The van der Waals surface area contributed by atoms with E-state index in [9.17, 15) is 19.2 Å². The number of thiophene rings is 1. The van der Waals surface area contributed by atoms with Gasteiger partial charge in [0.05, 0.1) is 28.3 Å². The Bertz CT molecular complexity index is 1320. The van der Waals surface area contributed by atoms with E-state index < -0.39 is 6.04 Å². The average molecular weight is 543 g/mol. The minimum Gasteiger partial charge on any atom is -0.466 e. The summed E-state index contributed by atoms with van der Waals surface area (Å²) >= 11 is 7.14. The van der Waals surface area contributed by atoms with E-state index in [0.29, 0.717) is 40.1 Å². The molecule has 1 aromatic carbocycles. The summed E-state index contributed by atoms with van der Waals surface area (Å²) in [4.78, 5) is 52.3. The Kier molecular flexibility index (Phi) is 8.75. The first-order valence-corrected chi connectivity index (χ1v) is 13.1. The van der Waals surface area contributed by atoms with Gasteiger partial charge < -0.3 is 15.4 Å². The molecule has 1 aliphatic heterocycles. The molecule has 0 aliphatic carbocycles. The summed E-state index contributed by atoms with van der Waals surface area (Å²) in [6.45, 7) is 2.77. The van der Waals surface area contributed by atoms with Crippen LogP contribution in [-0.2, 0) is 14.3 Å². The van der Waals surface area contributed by atoms with Gasteiger partial charge in [0.2, 0.25) is 5.91 Å². The van der Waals surface area contributed by atoms with Crippen LogP contribution in [0.25, 0.3) is 5.69 Å². The van der Waals surface area contributed by atoms with Crippen LogP contribution in [0.4, 0.5) is 5.69 Å². The van der Waals surface area contributed by atoms with E-state index in [1.54, 1.807) is 61.7 Å². The van der Waals surface area contributed by atoms with E-state index in [0.717, 1.165) is 0 Å². The molecule has 4 rings (SSSR count). The summed E-state index contributed by atoms with van der Waals surface area (Å²) in [6, 6.07) is 14.4. The average Bonchev–Trinajstić information content (AvgIpc) is 3.50. The SMILES string of the molecule is CCOC(=O)CCN1CC(NC(=O)c2ccc(Cl)s2)CC1C(=O)Nc1ccc(-n2ccccc2=O)cc1. The molecule has 2 N–H and O–H groups in total. The number of ether oxygens (including phenoxy) is 1. The van der Waals surface area contributed by atoms with E-state index in [-0.39, 0.29) is 42.4 Å². The summed E-state index contributed by atoms with van der Waals surface area (Å²) in [7, 11) is 0. The topological polar surface area (TPSA) is 110 Å². The van der Waals surface area contributed by atoms with Gasteiger partial charge in [0.15, 0.2) is 0 Å². The van der Waals surface area contributed by atoms with Crippen molar-refractivity contribution in [2.75, 3.05) is 25.0 Å². The molecule has 11 heteroatoms. The Morgan fingerprint density at radius 3 is 2.57 bits per heavy atom. The minimum absolute atomic E-state index is 0.138. The van der Waals surface area contributed by atoms with Crippen LogP contribution >= 0.6 is 22.9 Å². The number of carbonyl (C=O) groups excluding carboxylic acids is 3. The number of nitrogens with one attached hydrogen (secondary N) is 2. The molecule has 2 unspecified atom stereocenters. The normalized spacial score (nSPS) is 17.4. The standard InChI is InChI=1S/C26H27ClN4O5S/c1-2-36-24(33)12-14-30-16-18(29-26(35)21-10-11-22(27)37-21)15-20(30)25(34)28-17-6-8-19(9-7-17)31-13-4-3-5-23(31)32/h3-11,13,18,20H,2,12,14-16H2,1H3,(H,28,34)(H,29,35). The van der Waals surface area contributed by atoms with Gasteiger partial charge in [0.1, 0.15) is 0 Å². The molecule has 194 valence electrons. The number of rotatable bonds is 9. The van der Waals surface area contributed by atoms with Gasteiger partial charge in [-0.25, -0.2) is 0 Å². The Labute approximate surface area is 223 Å². The fourth-order valence-electron chi connectivity index (χ4n) is 4.26. The second-order valence-electron chi connectivity index (χ2n) is 8.52. The quantitative estimate of drug-likeness (QED) is 0.401. The maximum atomic E-state index is 13.3. The highest BCUT2D eigenvalue weighted by Crippen LogP contribution is 2.24. The Morgan fingerprint density at radius 2 is 1.89 bits per heavy atom. The summed E-state index contributed by atoms with van der Waals surface area (Å²) < 4.78 is 7.06. The zero-order valence-electron chi connectivity index (χ0n) is 20.2. The molecule has 2 amide bonds. The maximum absolute atomic E-state index is 13.3. The van der Waals surface area contributed by atoms with Crippen molar-refractivity contribution < 1.29 is 19.1 Å². The zero-order chi connectivity index (χ0) is 26.4. The number of hydrogen-bond acceptors (Lipinski definition) is 7. The van der Waals surface area contributed by atoms with Crippen molar-refractivity contribution in [2.24, 2.45) is 0 Å². The van der Waals surface area contributed by atoms with Gasteiger partial charge in [-0.1, -0.05) is 17.7 Å². The van der Waals surface area contributed by atoms with Crippen molar-refractivity contribution in [3.05, 3.63) is 80.4 Å². The number of pyridine rings is 1. The molecule has 3 aromatic rings. The molecule has 2 aromatic heterocycles. The molecule has 2 atom stereocenters. The molecule has 37 heavy (non-hydrogen) atoms. The Hall–Kier alpha value is -3.47. The van der Waals surface area contributed by atoms with Crippen molar-refractivity contribution in [1.29, 1.82) is 0 Å². The highest BCUT2D eigenvalue weighted by atomic mass is 35.5. The van der Waals surface area contributed by atoms with Crippen LogP contribution in [0.5, 0.6) is 0 Å². The van der Waals surface area contributed by atoms with Crippen LogP contribution in [0.15, 0.2) is 65.6 Å². The molecule has 3 heterocycles. The van der Waals surface area contributed by atoms with Crippen molar-refractivity contribution in [2.45, 2.75) is 31.8 Å². The maximum Gasteiger partial charge on any atom is 0.307 e. The van der Waals surface area contributed by atoms with Crippen LogP contribution in [0, 0.1) is 0 Å². The summed E-state index contributed by atoms with van der Waals surface area (Å²) in [5.41, 5.74) is 1.10. The van der Waals surface area contributed by atoms with Gasteiger partial charge in [-0.15, -0.1) is 11.3 Å². The number of amides is 2. The number of anilines is 1. The highest BCUT2D eigenvalue weighted by molar-refractivity contribution is 7.18. The van der Waals surface area contributed by atoms with E-state index in [1.165, 1.54) is 22.0 Å². The van der Waals surface area contributed by atoms with Crippen LogP contribution in [0.3, 0.4) is 0 Å². The molecule has 0 radical (unpaired) electrons. The van der Waals surface area contributed by atoms with Gasteiger partial charge in [-0.3, -0.25) is 28.6 Å². The van der Waals surface area contributed by atoms with Crippen molar-refractivity contribution >= 4 is 46.4 Å². The number of likely N-dealkylation sites (tertiary alicyclic amines) is 1. The molecule has 0 bridgehead atoms. The summed E-state index contributed by atoms with van der Waals surface area (Å²) in [5, 5.41) is 5.89. The lowest BCUT2D eigenvalue weighted by Gasteiger charge is -2.23. The fourth-order valence-corrected chi connectivity index (χ4v) is 5.21. The van der Waals surface area contributed by atoms with Gasteiger partial charge in [-0.05, 0) is 55.8 Å². The third-order valence-corrected chi connectivity index (χ3v) is 7.21. The number of aromatic nitrogens is 1. The molecule has 9 nitrogen and oxygen atoms in total. The lowest BCUT2D eigenvalue weighted by molar-refractivity contribution is -0.143. The Morgan fingerprint density at radius 1 is 1.11 bits per heavy atom. The smallest absolute Gasteiger partial charge is 0.307 e. The van der Waals surface area contributed by atoms with Crippen molar-refractivity contribution in [3.63, 3.8) is 0 Å². The number of esters is 1. The van der Waals surface area contributed by atoms with Crippen LogP contribution in [0.2, 0.25) is 4.34 Å². The monoisotopic (exact) mass is 542 g/mol. The zero-order valence-corrected chi connectivity index (χ0v) is 21.8. The van der Waals surface area contributed by atoms with E-state index in [4.69, 9.17) is 16.3 Å². The number of hydrogen-bond donors (Lipinski definition) is 2. The number of benzene rings is 1. The highest BCUT2D eigenvalue weighted by Gasteiger charge is 2.37. The minimum atomic E-state index is -0.553. The fraction of sp³-hybridized carbons (Fsp3) is 0.308. The largest absolute Gasteiger partial charge is 0.466 e. The summed E-state index contributed by atoms with van der Waals surface area (Å²) in [6.07, 6.45) is 2.20. The summed E-state index contributed by atoms with van der Waals surface area (Å²) in [5.74, 6) is -0.835. The van der Waals surface area contributed by atoms with E-state index in [1.807, 2.05) is 4.90 Å². The molecule has 1 fully saturated rings. The first-order valence-electron chi connectivity index (χ1n) is 11.9. The lowest BCUT2D eigenvalue weighted by Crippen LogP contribution is -2.41. The molecular formula is C26H27ClN4O5S. The molecular weight excluding hydrogens is 516 g/mol. The second kappa shape index (κ2) is 12.2. The third-order valence-electron chi connectivity index (χ3n) is 5.98. The van der Waals surface area contributed by atoms with Crippen molar-refractivity contribution in [1.82, 2.24) is 14.8 Å².